The number of aromatic nitrogens is 3. The summed E-state index contributed by atoms with van der Waals surface area (Å²) in [6.45, 7) is 5.68. The number of nitrogens with zero attached hydrogens (tertiary/aromatic N) is 5. The number of carbonyl (C=O) groups is 1. The third kappa shape index (κ3) is 3.74. The third-order valence-corrected chi connectivity index (χ3v) is 4.03. The normalized spacial score (nSPS) is 14.7. The lowest BCUT2D eigenvalue weighted by Gasteiger charge is -2.33. The first-order chi connectivity index (χ1) is 11.3. The van der Waals surface area contributed by atoms with Gasteiger partial charge in [0.05, 0.1) is 6.20 Å². The molecule has 120 valence electrons. The second-order valence-corrected chi connectivity index (χ2v) is 5.55. The summed E-state index contributed by atoms with van der Waals surface area (Å²) < 4.78 is 0. The number of hydrogen-bond acceptors (Lipinski definition) is 6. The van der Waals surface area contributed by atoms with E-state index in [9.17, 15) is 4.79 Å². The Morgan fingerprint density at radius 1 is 1.22 bits per heavy atom. The van der Waals surface area contributed by atoms with Gasteiger partial charge in [0.1, 0.15) is 0 Å². The number of carbonyl (C=O) groups excluding carboxylic acids is 1. The van der Waals surface area contributed by atoms with Crippen LogP contribution in [0.1, 0.15) is 11.1 Å². The summed E-state index contributed by atoms with van der Waals surface area (Å²) in [5, 5.41) is 11.3. The average molecular weight is 312 g/mol. The molecule has 1 aromatic heterocycles. The van der Waals surface area contributed by atoms with Crippen LogP contribution in [0.25, 0.3) is 0 Å². The van der Waals surface area contributed by atoms with Gasteiger partial charge in [-0.15, -0.1) is 5.10 Å². The number of hydrogen-bond donors (Lipinski definition) is 1. The first-order valence-electron chi connectivity index (χ1n) is 7.68. The van der Waals surface area contributed by atoms with Crippen molar-refractivity contribution in [2.24, 2.45) is 0 Å². The van der Waals surface area contributed by atoms with Crippen molar-refractivity contribution in [1.29, 1.82) is 0 Å². The number of amides is 1. The predicted octanol–water partition coefficient (Wildman–Crippen LogP) is 1.07. The summed E-state index contributed by atoms with van der Waals surface area (Å²) in [5.74, 6) is 1.31. The van der Waals surface area contributed by atoms with E-state index < -0.39 is 0 Å². The SMILES string of the molecule is Cc1ccccc1CNc1nncc(N2CCN(C=O)CC2)n1. The Morgan fingerprint density at radius 2 is 2.00 bits per heavy atom. The van der Waals surface area contributed by atoms with Crippen molar-refractivity contribution in [3.8, 4) is 0 Å². The fraction of sp³-hybridized carbons (Fsp3) is 0.375. The van der Waals surface area contributed by atoms with Crippen LogP contribution >= 0.6 is 0 Å². The van der Waals surface area contributed by atoms with Crippen LogP contribution in [-0.4, -0.2) is 52.7 Å². The van der Waals surface area contributed by atoms with Gasteiger partial charge >= 0.3 is 0 Å². The van der Waals surface area contributed by atoms with Crippen LogP contribution in [0.3, 0.4) is 0 Å². The molecule has 2 aromatic rings. The second-order valence-electron chi connectivity index (χ2n) is 5.55. The highest BCUT2D eigenvalue weighted by Crippen LogP contribution is 2.14. The molecule has 0 atom stereocenters. The van der Waals surface area contributed by atoms with Crippen LogP contribution < -0.4 is 10.2 Å². The monoisotopic (exact) mass is 312 g/mol. The molecule has 1 fully saturated rings. The Hall–Kier alpha value is -2.70. The molecule has 7 heteroatoms. The van der Waals surface area contributed by atoms with Gasteiger partial charge in [-0.3, -0.25) is 4.79 Å². The minimum absolute atomic E-state index is 0.517. The number of rotatable bonds is 5. The van der Waals surface area contributed by atoms with E-state index >= 15 is 0 Å². The quantitative estimate of drug-likeness (QED) is 0.833. The Labute approximate surface area is 135 Å². The molecule has 0 saturated carbocycles. The molecule has 1 saturated heterocycles. The zero-order chi connectivity index (χ0) is 16.1. The van der Waals surface area contributed by atoms with E-state index in [0.29, 0.717) is 25.6 Å². The molecular formula is C16H20N6O. The van der Waals surface area contributed by atoms with Crippen LogP contribution in [0.15, 0.2) is 30.5 Å². The van der Waals surface area contributed by atoms with E-state index in [1.54, 1.807) is 11.1 Å². The van der Waals surface area contributed by atoms with Crippen LogP contribution in [0.5, 0.6) is 0 Å². The van der Waals surface area contributed by atoms with Gasteiger partial charge in [-0.25, -0.2) is 0 Å². The molecule has 3 rings (SSSR count). The van der Waals surface area contributed by atoms with Gasteiger partial charge in [0.15, 0.2) is 5.82 Å². The maximum absolute atomic E-state index is 10.8. The first-order valence-corrected chi connectivity index (χ1v) is 7.68. The Bertz CT molecular complexity index is 669. The third-order valence-electron chi connectivity index (χ3n) is 4.03. The van der Waals surface area contributed by atoms with Gasteiger partial charge in [-0.1, -0.05) is 24.3 Å². The molecule has 0 aliphatic carbocycles. The van der Waals surface area contributed by atoms with E-state index in [0.717, 1.165) is 25.3 Å². The number of aryl methyl sites for hydroxylation is 1. The molecule has 1 aromatic carbocycles. The van der Waals surface area contributed by atoms with E-state index in [1.165, 1.54) is 11.1 Å². The molecule has 2 heterocycles. The van der Waals surface area contributed by atoms with Gasteiger partial charge in [0, 0.05) is 32.7 Å². The predicted molar refractivity (Wildman–Crippen MR) is 88.2 cm³/mol. The van der Waals surface area contributed by atoms with E-state index in [1.807, 2.05) is 12.1 Å². The highest BCUT2D eigenvalue weighted by Gasteiger charge is 2.17. The van der Waals surface area contributed by atoms with E-state index in [-0.39, 0.29) is 0 Å². The Kier molecular flexibility index (Phi) is 4.65. The molecule has 1 aliphatic rings. The lowest BCUT2D eigenvalue weighted by Crippen LogP contribution is -2.46. The standard InChI is InChI=1S/C16H20N6O/c1-13-4-2-3-5-14(13)10-17-16-19-15(11-18-20-16)22-8-6-21(12-23)7-9-22/h2-5,11-12H,6-10H2,1H3,(H,17,19,20). The number of anilines is 2. The van der Waals surface area contributed by atoms with E-state index in [4.69, 9.17) is 0 Å². The molecule has 0 unspecified atom stereocenters. The molecule has 0 spiro atoms. The summed E-state index contributed by atoms with van der Waals surface area (Å²) in [7, 11) is 0. The second kappa shape index (κ2) is 7.04. The highest BCUT2D eigenvalue weighted by atomic mass is 16.1. The Morgan fingerprint density at radius 3 is 2.74 bits per heavy atom. The Balaban J connectivity index is 1.64. The summed E-state index contributed by atoms with van der Waals surface area (Å²) in [4.78, 5) is 19.2. The van der Waals surface area contributed by atoms with Gasteiger partial charge in [-0.2, -0.15) is 10.1 Å². The lowest BCUT2D eigenvalue weighted by molar-refractivity contribution is -0.118. The minimum Gasteiger partial charge on any atom is -0.352 e. The van der Waals surface area contributed by atoms with Crippen molar-refractivity contribution in [3.63, 3.8) is 0 Å². The van der Waals surface area contributed by atoms with E-state index in [2.05, 4.69) is 44.5 Å². The summed E-state index contributed by atoms with van der Waals surface area (Å²) in [5.41, 5.74) is 2.44. The topological polar surface area (TPSA) is 74.2 Å². The van der Waals surface area contributed by atoms with Crippen molar-refractivity contribution in [1.82, 2.24) is 20.1 Å². The van der Waals surface area contributed by atoms with Crippen molar-refractivity contribution < 1.29 is 4.79 Å². The minimum atomic E-state index is 0.517. The van der Waals surface area contributed by atoms with Crippen LogP contribution in [0.2, 0.25) is 0 Å². The highest BCUT2D eigenvalue weighted by molar-refractivity contribution is 5.49. The maximum atomic E-state index is 10.8. The van der Waals surface area contributed by atoms with Crippen molar-refractivity contribution in [2.75, 3.05) is 36.4 Å². The zero-order valence-electron chi connectivity index (χ0n) is 13.1. The van der Waals surface area contributed by atoms with Gasteiger partial charge < -0.3 is 15.1 Å². The summed E-state index contributed by atoms with van der Waals surface area (Å²) in [6, 6.07) is 8.21. The summed E-state index contributed by atoms with van der Waals surface area (Å²) in [6.07, 6.45) is 2.56. The molecule has 1 N–H and O–H groups in total. The summed E-state index contributed by atoms with van der Waals surface area (Å²) >= 11 is 0. The number of benzene rings is 1. The molecule has 7 nitrogen and oxygen atoms in total. The molecule has 1 aliphatic heterocycles. The fourth-order valence-electron chi connectivity index (χ4n) is 2.56. The zero-order valence-corrected chi connectivity index (χ0v) is 13.1. The van der Waals surface area contributed by atoms with Crippen LogP contribution in [0, 0.1) is 6.92 Å². The largest absolute Gasteiger partial charge is 0.352 e. The van der Waals surface area contributed by atoms with Crippen LogP contribution in [-0.2, 0) is 11.3 Å². The molecular weight excluding hydrogens is 292 g/mol. The maximum Gasteiger partial charge on any atom is 0.244 e. The molecule has 0 radical (unpaired) electrons. The molecule has 1 amide bonds. The molecule has 0 bridgehead atoms. The van der Waals surface area contributed by atoms with Crippen molar-refractivity contribution in [2.45, 2.75) is 13.5 Å². The smallest absolute Gasteiger partial charge is 0.244 e. The lowest BCUT2D eigenvalue weighted by atomic mass is 10.1. The van der Waals surface area contributed by atoms with Gasteiger partial charge in [-0.05, 0) is 18.1 Å². The van der Waals surface area contributed by atoms with Gasteiger partial charge in [0.2, 0.25) is 12.4 Å². The van der Waals surface area contributed by atoms with Crippen molar-refractivity contribution >= 4 is 18.2 Å². The number of piperazine rings is 1. The fourth-order valence-corrected chi connectivity index (χ4v) is 2.56. The molecule has 23 heavy (non-hydrogen) atoms. The number of nitrogens with one attached hydrogen (secondary N) is 1. The van der Waals surface area contributed by atoms with Crippen molar-refractivity contribution in [3.05, 3.63) is 41.6 Å². The average Bonchev–Trinajstić information content (AvgIpc) is 2.61. The van der Waals surface area contributed by atoms with Gasteiger partial charge in [0.25, 0.3) is 0 Å². The first kappa shape index (κ1) is 15.2. The van der Waals surface area contributed by atoms with Crippen LogP contribution in [0.4, 0.5) is 11.8 Å².